The number of nitrogens with one attached hydrogen (secondary N) is 1. The van der Waals surface area contributed by atoms with Crippen LogP contribution in [0.3, 0.4) is 0 Å². The number of hydrogen-bond donors (Lipinski definition) is 1. The molecule has 0 amide bonds. The third-order valence-corrected chi connectivity index (χ3v) is 4.59. The fraction of sp³-hybridized carbons (Fsp3) is 0.375. The molecule has 1 N–H and O–H groups in total. The first-order valence-electron chi connectivity index (χ1n) is 6.64. The van der Waals surface area contributed by atoms with Gasteiger partial charge in [0.15, 0.2) is 0 Å². The Morgan fingerprint density at radius 3 is 2.56 bits per heavy atom. The molecule has 1 saturated carbocycles. The summed E-state index contributed by atoms with van der Waals surface area (Å²) < 4.78 is 1.18. The fourth-order valence-corrected chi connectivity index (χ4v) is 3.15. The van der Waals surface area contributed by atoms with Crippen molar-refractivity contribution in [2.75, 3.05) is 7.05 Å². The molecule has 0 aromatic heterocycles. The number of benzene rings is 2. The highest BCUT2D eigenvalue weighted by molar-refractivity contribution is 9.10. The van der Waals surface area contributed by atoms with Crippen molar-refractivity contribution in [2.45, 2.75) is 25.3 Å². The van der Waals surface area contributed by atoms with E-state index < -0.39 is 0 Å². The first kappa shape index (κ1) is 12.2. The maximum atomic E-state index is 3.64. The summed E-state index contributed by atoms with van der Waals surface area (Å²) in [5.41, 5.74) is 1.43. The highest BCUT2D eigenvalue weighted by Crippen LogP contribution is 2.39. The summed E-state index contributed by atoms with van der Waals surface area (Å²) in [4.78, 5) is 0. The van der Waals surface area contributed by atoms with Crippen LogP contribution in [0.2, 0.25) is 0 Å². The van der Waals surface area contributed by atoms with Crippen molar-refractivity contribution in [3.63, 3.8) is 0 Å². The van der Waals surface area contributed by atoms with Crippen LogP contribution in [0.15, 0.2) is 40.9 Å². The van der Waals surface area contributed by atoms with E-state index in [1.54, 1.807) is 0 Å². The van der Waals surface area contributed by atoms with E-state index in [0.29, 0.717) is 6.04 Å². The van der Waals surface area contributed by atoms with Crippen LogP contribution in [0.4, 0.5) is 0 Å². The Hall–Kier alpha value is -0.860. The summed E-state index contributed by atoms with van der Waals surface area (Å²) in [5, 5.41) is 6.16. The smallest absolute Gasteiger partial charge is 0.0326 e. The maximum Gasteiger partial charge on any atom is 0.0326 e. The quantitative estimate of drug-likeness (QED) is 0.866. The molecular weight excluding hydrogens is 286 g/mol. The van der Waals surface area contributed by atoms with Crippen molar-refractivity contribution in [3.05, 3.63) is 46.4 Å². The average molecular weight is 304 g/mol. The molecule has 0 bridgehead atoms. The molecule has 1 unspecified atom stereocenters. The van der Waals surface area contributed by atoms with Gasteiger partial charge in [0.05, 0.1) is 0 Å². The van der Waals surface area contributed by atoms with E-state index >= 15 is 0 Å². The number of hydrogen-bond acceptors (Lipinski definition) is 1. The Balaban J connectivity index is 2.06. The van der Waals surface area contributed by atoms with Gasteiger partial charge >= 0.3 is 0 Å². The highest BCUT2D eigenvalue weighted by atomic mass is 79.9. The van der Waals surface area contributed by atoms with Crippen LogP contribution in [0.25, 0.3) is 10.8 Å². The van der Waals surface area contributed by atoms with Gasteiger partial charge in [-0.05, 0) is 41.8 Å². The fourth-order valence-electron chi connectivity index (χ4n) is 2.68. The molecule has 0 radical (unpaired) electrons. The van der Waals surface area contributed by atoms with E-state index in [0.717, 1.165) is 5.92 Å². The second-order valence-corrected chi connectivity index (χ2v) is 6.06. The van der Waals surface area contributed by atoms with Crippen LogP contribution in [-0.2, 0) is 0 Å². The minimum Gasteiger partial charge on any atom is -0.313 e. The Kier molecular flexibility index (Phi) is 3.40. The molecule has 0 heterocycles. The number of rotatable bonds is 4. The number of halogens is 1. The minimum atomic E-state index is 0.482. The van der Waals surface area contributed by atoms with Gasteiger partial charge in [-0.25, -0.2) is 0 Å². The zero-order valence-electron chi connectivity index (χ0n) is 10.6. The summed E-state index contributed by atoms with van der Waals surface area (Å²) in [6.07, 6.45) is 4.08. The zero-order valence-corrected chi connectivity index (χ0v) is 12.2. The van der Waals surface area contributed by atoms with E-state index in [-0.39, 0.29) is 0 Å². The molecule has 1 atom stereocenters. The lowest BCUT2D eigenvalue weighted by Crippen LogP contribution is -2.17. The molecule has 1 fully saturated rings. The van der Waals surface area contributed by atoms with Crippen LogP contribution in [-0.4, -0.2) is 7.05 Å². The molecule has 2 aromatic carbocycles. The van der Waals surface area contributed by atoms with Crippen molar-refractivity contribution in [1.82, 2.24) is 5.32 Å². The van der Waals surface area contributed by atoms with Crippen molar-refractivity contribution < 1.29 is 0 Å². The van der Waals surface area contributed by atoms with Gasteiger partial charge in [-0.3, -0.25) is 0 Å². The molecule has 2 heteroatoms. The van der Waals surface area contributed by atoms with E-state index in [1.165, 1.54) is 40.1 Å². The van der Waals surface area contributed by atoms with Crippen LogP contribution in [0.5, 0.6) is 0 Å². The largest absolute Gasteiger partial charge is 0.313 e. The molecule has 0 spiro atoms. The van der Waals surface area contributed by atoms with E-state index in [1.807, 2.05) is 0 Å². The molecular formula is C16H18BrN. The number of fused-ring (bicyclic) bond motifs is 1. The van der Waals surface area contributed by atoms with Crippen molar-refractivity contribution >= 4 is 26.7 Å². The Morgan fingerprint density at radius 2 is 1.89 bits per heavy atom. The summed E-state index contributed by atoms with van der Waals surface area (Å²) in [5.74, 6) is 0.935. The standard InChI is InChI=1S/C16H18BrN/c1-18-16(10-11-6-7-11)14-8-9-15(17)13-5-3-2-4-12(13)14/h2-5,8-9,11,16,18H,6-7,10H2,1H3. The van der Waals surface area contributed by atoms with Gasteiger partial charge in [0.25, 0.3) is 0 Å². The van der Waals surface area contributed by atoms with Gasteiger partial charge in [-0.15, -0.1) is 0 Å². The zero-order chi connectivity index (χ0) is 12.5. The molecule has 2 aromatic rings. The van der Waals surface area contributed by atoms with Crippen molar-refractivity contribution in [2.24, 2.45) is 5.92 Å². The SMILES string of the molecule is CNC(CC1CC1)c1ccc(Br)c2ccccc12. The topological polar surface area (TPSA) is 12.0 Å². The van der Waals surface area contributed by atoms with Gasteiger partial charge in [0.2, 0.25) is 0 Å². The second-order valence-electron chi connectivity index (χ2n) is 5.20. The van der Waals surface area contributed by atoms with Crippen molar-refractivity contribution in [3.8, 4) is 0 Å². The molecule has 94 valence electrons. The van der Waals surface area contributed by atoms with Crippen molar-refractivity contribution in [1.29, 1.82) is 0 Å². The lowest BCUT2D eigenvalue weighted by molar-refractivity contribution is 0.517. The van der Waals surface area contributed by atoms with Crippen LogP contribution in [0, 0.1) is 5.92 Å². The normalized spacial score (nSPS) is 17.0. The van der Waals surface area contributed by atoms with Crippen LogP contribution < -0.4 is 5.32 Å². The first-order valence-corrected chi connectivity index (χ1v) is 7.43. The molecule has 1 nitrogen and oxygen atoms in total. The summed E-state index contributed by atoms with van der Waals surface area (Å²) in [6.45, 7) is 0. The lowest BCUT2D eigenvalue weighted by atomic mass is 9.95. The molecule has 18 heavy (non-hydrogen) atoms. The third-order valence-electron chi connectivity index (χ3n) is 3.89. The Morgan fingerprint density at radius 1 is 1.17 bits per heavy atom. The molecule has 0 aliphatic heterocycles. The predicted octanol–water partition coefficient (Wildman–Crippen LogP) is 4.66. The maximum absolute atomic E-state index is 3.64. The average Bonchev–Trinajstić information content (AvgIpc) is 3.21. The Labute approximate surface area is 117 Å². The minimum absolute atomic E-state index is 0.482. The highest BCUT2D eigenvalue weighted by Gasteiger charge is 2.26. The first-order chi connectivity index (χ1) is 8.79. The summed E-state index contributed by atoms with van der Waals surface area (Å²) in [7, 11) is 2.07. The van der Waals surface area contributed by atoms with E-state index in [9.17, 15) is 0 Å². The van der Waals surface area contributed by atoms with Gasteiger partial charge in [-0.1, -0.05) is 59.1 Å². The lowest BCUT2D eigenvalue weighted by Gasteiger charge is -2.19. The van der Waals surface area contributed by atoms with Crippen LogP contribution >= 0.6 is 15.9 Å². The predicted molar refractivity (Wildman–Crippen MR) is 80.8 cm³/mol. The summed E-state index contributed by atoms with van der Waals surface area (Å²) in [6, 6.07) is 13.6. The molecule has 3 rings (SSSR count). The van der Waals surface area contributed by atoms with Gasteiger partial charge < -0.3 is 5.32 Å². The summed E-state index contributed by atoms with van der Waals surface area (Å²) >= 11 is 3.64. The molecule has 1 aliphatic carbocycles. The van der Waals surface area contributed by atoms with Gasteiger partial charge in [0.1, 0.15) is 0 Å². The van der Waals surface area contributed by atoms with E-state index in [2.05, 4.69) is 64.7 Å². The molecule has 0 saturated heterocycles. The Bertz CT molecular complexity index is 560. The third kappa shape index (κ3) is 2.32. The monoisotopic (exact) mass is 303 g/mol. The second kappa shape index (κ2) is 5.02. The molecule has 1 aliphatic rings. The van der Waals surface area contributed by atoms with Crippen LogP contribution in [0.1, 0.15) is 30.9 Å². The van der Waals surface area contributed by atoms with Gasteiger partial charge in [-0.2, -0.15) is 0 Å². The van der Waals surface area contributed by atoms with Gasteiger partial charge in [0, 0.05) is 10.5 Å². The van der Waals surface area contributed by atoms with E-state index in [4.69, 9.17) is 0 Å².